The van der Waals surface area contributed by atoms with Gasteiger partial charge in [-0.1, -0.05) is 140 Å². The van der Waals surface area contributed by atoms with Gasteiger partial charge in [0.25, 0.3) is 0 Å². The minimum atomic E-state index is -0.312. The lowest BCUT2D eigenvalue weighted by molar-refractivity contribution is -0.180. The van der Waals surface area contributed by atoms with E-state index in [1.165, 1.54) is 148 Å². The lowest BCUT2D eigenvalue weighted by Crippen LogP contribution is -2.31. The van der Waals surface area contributed by atoms with Crippen molar-refractivity contribution in [2.24, 2.45) is 0 Å². The quantitative estimate of drug-likeness (QED) is 0.0508. The normalized spacial score (nSPS) is 16.8. The number of hydrogen-bond donors (Lipinski definition) is 0. The van der Waals surface area contributed by atoms with Crippen LogP contribution in [0.4, 0.5) is 0 Å². The molecule has 1 atom stereocenters. The molecule has 1 aliphatic rings. The Morgan fingerprint density at radius 2 is 0.915 bits per heavy atom. The van der Waals surface area contributed by atoms with Gasteiger partial charge in [-0.25, -0.2) is 0 Å². The Kier molecular flexibility index (Phi) is 31.1. The van der Waals surface area contributed by atoms with Gasteiger partial charge in [0.2, 0.25) is 0 Å². The molecule has 0 radical (unpaired) electrons. The van der Waals surface area contributed by atoms with Gasteiger partial charge in [0, 0.05) is 12.8 Å². The van der Waals surface area contributed by atoms with Crippen molar-refractivity contribution in [2.45, 2.75) is 206 Å². The van der Waals surface area contributed by atoms with Crippen molar-refractivity contribution in [3.8, 4) is 0 Å². The molecule has 274 valence electrons. The van der Waals surface area contributed by atoms with E-state index in [2.05, 4.69) is 81.5 Å². The Balaban J connectivity index is 2.19. The predicted octanol–water partition coefficient (Wildman–Crippen LogP) is 13.8. The number of unbranched alkanes of at least 4 members (excludes halogenated alkanes) is 18. The Morgan fingerprint density at radius 3 is 1.34 bits per heavy atom. The van der Waals surface area contributed by atoms with Crippen LogP contribution in [-0.2, 0) is 9.47 Å². The van der Waals surface area contributed by atoms with Gasteiger partial charge >= 0.3 is 0 Å². The molecule has 47 heavy (non-hydrogen) atoms. The smallest absolute Gasteiger partial charge is 0.168 e. The van der Waals surface area contributed by atoms with Crippen molar-refractivity contribution >= 4 is 0 Å². The molecule has 0 N–H and O–H groups in total. The SMILES string of the molecule is CCCCC/C=C/C/C=C/CCCCCCCCC1(CCCCCCCC/C=C/C/C=C/CCCCC)OCC(CCCN(C)C)O1. The van der Waals surface area contributed by atoms with E-state index in [1.807, 2.05) is 0 Å². The molecule has 1 unspecified atom stereocenters. The second-order valence-electron chi connectivity index (χ2n) is 14.6. The fourth-order valence-corrected chi connectivity index (χ4v) is 6.55. The highest BCUT2D eigenvalue weighted by Gasteiger charge is 2.40. The minimum absolute atomic E-state index is 0.282. The van der Waals surface area contributed by atoms with Gasteiger partial charge in [0.1, 0.15) is 0 Å². The summed E-state index contributed by atoms with van der Waals surface area (Å²) in [6, 6.07) is 0. The van der Waals surface area contributed by atoms with Crippen LogP contribution in [0.25, 0.3) is 0 Å². The van der Waals surface area contributed by atoms with E-state index < -0.39 is 0 Å². The Bertz CT molecular complexity index is 719. The highest BCUT2D eigenvalue weighted by molar-refractivity contribution is 4.93. The predicted molar refractivity (Wildman–Crippen MR) is 209 cm³/mol. The molecular formula is C44H81NO2. The van der Waals surface area contributed by atoms with E-state index >= 15 is 0 Å². The molecule has 0 aromatic carbocycles. The van der Waals surface area contributed by atoms with Gasteiger partial charge in [0.05, 0.1) is 12.7 Å². The van der Waals surface area contributed by atoms with Gasteiger partial charge in [-0.2, -0.15) is 0 Å². The van der Waals surface area contributed by atoms with Crippen LogP contribution in [0.1, 0.15) is 194 Å². The van der Waals surface area contributed by atoms with Gasteiger partial charge in [-0.05, 0) is 111 Å². The van der Waals surface area contributed by atoms with E-state index in [1.54, 1.807) is 0 Å². The lowest BCUT2D eigenvalue weighted by Gasteiger charge is -2.28. The van der Waals surface area contributed by atoms with Crippen molar-refractivity contribution in [1.82, 2.24) is 4.90 Å². The standard InChI is InChI=1S/C44H81NO2/c1-5-7-9-11-13-15-17-19-21-23-25-27-29-31-33-35-39-44(46-42-43(47-44)38-37-41-45(3)4)40-36-34-32-30-28-26-24-22-20-18-16-14-12-10-8-6-2/h13-16,19-22,43H,5-12,17-18,23-42H2,1-4H3/b15-13+,16-14+,21-19+,22-20+. The van der Waals surface area contributed by atoms with Crippen molar-refractivity contribution in [1.29, 1.82) is 0 Å². The van der Waals surface area contributed by atoms with Gasteiger partial charge in [0.15, 0.2) is 5.79 Å². The molecule has 1 heterocycles. The van der Waals surface area contributed by atoms with E-state index in [0.29, 0.717) is 0 Å². The fourth-order valence-electron chi connectivity index (χ4n) is 6.55. The van der Waals surface area contributed by atoms with Crippen LogP contribution in [0.5, 0.6) is 0 Å². The molecule has 3 nitrogen and oxygen atoms in total. The third-order valence-electron chi connectivity index (χ3n) is 9.56. The van der Waals surface area contributed by atoms with Gasteiger partial charge in [-0.15, -0.1) is 0 Å². The summed E-state index contributed by atoms with van der Waals surface area (Å²) < 4.78 is 13.2. The topological polar surface area (TPSA) is 21.7 Å². The molecule has 0 spiro atoms. The van der Waals surface area contributed by atoms with Crippen LogP contribution < -0.4 is 0 Å². The second kappa shape index (κ2) is 33.3. The Labute approximate surface area is 295 Å². The molecule has 3 heteroatoms. The van der Waals surface area contributed by atoms with Crippen LogP contribution >= 0.6 is 0 Å². The monoisotopic (exact) mass is 656 g/mol. The molecule has 1 saturated heterocycles. The largest absolute Gasteiger partial charge is 0.347 e. The lowest BCUT2D eigenvalue weighted by atomic mass is 9.98. The number of rotatable bonds is 34. The molecule has 0 saturated carbocycles. The molecule has 0 aliphatic carbocycles. The first-order chi connectivity index (χ1) is 23.1. The zero-order valence-electron chi connectivity index (χ0n) is 32.2. The Morgan fingerprint density at radius 1 is 0.511 bits per heavy atom. The molecule has 0 amide bonds. The number of nitrogens with zero attached hydrogens (tertiary/aromatic N) is 1. The van der Waals surface area contributed by atoms with E-state index in [-0.39, 0.29) is 11.9 Å². The van der Waals surface area contributed by atoms with Gasteiger partial charge < -0.3 is 14.4 Å². The number of hydrogen-bond acceptors (Lipinski definition) is 3. The Hall–Kier alpha value is -1.16. The highest BCUT2D eigenvalue weighted by Crippen LogP contribution is 2.36. The molecule has 0 bridgehead atoms. The van der Waals surface area contributed by atoms with Crippen LogP contribution in [0.2, 0.25) is 0 Å². The van der Waals surface area contributed by atoms with Crippen molar-refractivity contribution in [3.05, 3.63) is 48.6 Å². The maximum absolute atomic E-state index is 6.71. The number of ether oxygens (including phenoxy) is 2. The summed E-state index contributed by atoms with van der Waals surface area (Å²) in [6.07, 6.45) is 54.6. The van der Waals surface area contributed by atoms with Crippen molar-refractivity contribution < 1.29 is 9.47 Å². The third-order valence-corrected chi connectivity index (χ3v) is 9.56. The second-order valence-corrected chi connectivity index (χ2v) is 14.6. The van der Waals surface area contributed by atoms with Crippen LogP contribution in [0.3, 0.4) is 0 Å². The molecule has 0 aromatic rings. The summed E-state index contributed by atoms with van der Waals surface area (Å²) in [6.45, 7) is 6.46. The van der Waals surface area contributed by atoms with E-state index in [9.17, 15) is 0 Å². The van der Waals surface area contributed by atoms with Gasteiger partial charge in [-0.3, -0.25) is 0 Å². The summed E-state index contributed by atoms with van der Waals surface area (Å²) in [7, 11) is 4.32. The first-order valence-corrected chi connectivity index (χ1v) is 20.7. The molecule has 1 rings (SSSR count). The summed E-state index contributed by atoms with van der Waals surface area (Å²) in [5, 5.41) is 0. The van der Waals surface area contributed by atoms with Crippen LogP contribution in [0, 0.1) is 0 Å². The van der Waals surface area contributed by atoms with Crippen molar-refractivity contribution in [3.63, 3.8) is 0 Å². The van der Waals surface area contributed by atoms with E-state index in [4.69, 9.17) is 9.47 Å². The summed E-state index contributed by atoms with van der Waals surface area (Å²) in [5.41, 5.74) is 0. The zero-order chi connectivity index (χ0) is 33.9. The minimum Gasteiger partial charge on any atom is -0.347 e. The molecule has 0 aromatic heterocycles. The van der Waals surface area contributed by atoms with Crippen LogP contribution in [0.15, 0.2) is 48.6 Å². The summed E-state index contributed by atoms with van der Waals surface area (Å²) >= 11 is 0. The summed E-state index contributed by atoms with van der Waals surface area (Å²) in [4.78, 5) is 2.28. The number of allylic oxidation sites excluding steroid dienone is 8. The first kappa shape index (κ1) is 43.9. The van der Waals surface area contributed by atoms with Crippen LogP contribution in [-0.4, -0.2) is 44.0 Å². The average Bonchev–Trinajstić information content (AvgIpc) is 3.47. The highest BCUT2D eigenvalue weighted by atomic mass is 16.7. The zero-order valence-corrected chi connectivity index (χ0v) is 32.2. The maximum atomic E-state index is 6.71. The summed E-state index contributed by atoms with van der Waals surface area (Å²) in [5.74, 6) is -0.312. The van der Waals surface area contributed by atoms with Crippen molar-refractivity contribution in [2.75, 3.05) is 27.2 Å². The third kappa shape index (κ3) is 28.4. The average molecular weight is 656 g/mol. The maximum Gasteiger partial charge on any atom is 0.168 e. The molecular weight excluding hydrogens is 574 g/mol. The van der Waals surface area contributed by atoms with E-state index in [0.717, 1.165) is 45.3 Å². The first-order valence-electron chi connectivity index (χ1n) is 20.7. The fraction of sp³-hybridized carbons (Fsp3) is 0.818. The molecule has 1 aliphatic heterocycles. The molecule has 1 fully saturated rings.